The quantitative estimate of drug-likeness (QED) is 0.386. The Labute approximate surface area is 106 Å². The van der Waals surface area contributed by atoms with Crippen LogP contribution in [0.5, 0.6) is 0 Å². The second-order valence-corrected chi connectivity index (χ2v) is 3.49. The smallest absolute Gasteiger partial charge is 0.351 e. The number of carbonyl (C=O) groups is 1. The third kappa shape index (κ3) is 4.84. The summed E-state index contributed by atoms with van der Waals surface area (Å²) in [6.45, 7) is 0.484. The number of alkyl halides is 3. The van der Waals surface area contributed by atoms with Gasteiger partial charge >= 0.3 is 6.18 Å². The van der Waals surface area contributed by atoms with Crippen LogP contribution in [0.4, 0.5) is 13.2 Å². The molecule has 6 nitrogen and oxygen atoms in total. The Balaban J connectivity index is 2.51. The monoisotopic (exact) mass is 273 g/mol. The Morgan fingerprint density at radius 2 is 2.21 bits per heavy atom. The van der Waals surface area contributed by atoms with Gasteiger partial charge in [-0.15, -0.1) is 0 Å². The molecule has 0 aliphatic heterocycles. The molecule has 0 radical (unpaired) electrons. The molecule has 0 atom stereocenters. The lowest BCUT2D eigenvalue weighted by atomic mass is 10.2. The third-order valence-electron chi connectivity index (χ3n) is 2.11. The van der Waals surface area contributed by atoms with Gasteiger partial charge < -0.3 is 5.32 Å². The molecule has 0 aromatic carbocycles. The number of hydrogen-bond donors (Lipinski definition) is 1. The number of amides is 1. The van der Waals surface area contributed by atoms with Crippen molar-refractivity contribution in [3.05, 3.63) is 40.0 Å². The van der Waals surface area contributed by atoms with Crippen molar-refractivity contribution in [1.82, 2.24) is 10.3 Å². The Morgan fingerprint density at radius 3 is 2.74 bits per heavy atom. The average Bonchev–Trinajstić information content (AvgIpc) is 2.37. The molecule has 0 fully saturated rings. The fourth-order valence-electron chi connectivity index (χ4n) is 1.18. The van der Waals surface area contributed by atoms with Gasteiger partial charge in [0.1, 0.15) is 5.69 Å². The fourth-order valence-corrected chi connectivity index (χ4v) is 1.18. The highest BCUT2D eigenvalue weighted by molar-refractivity contribution is 5.92. The van der Waals surface area contributed by atoms with E-state index in [0.717, 1.165) is 12.1 Å². The van der Waals surface area contributed by atoms with Crippen LogP contribution in [0, 0.1) is 0 Å². The van der Waals surface area contributed by atoms with E-state index in [1.54, 1.807) is 0 Å². The third-order valence-corrected chi connectivity index (χ3v) is 2.11. The summed E-state index contributed by atoms with van der Waals surface area (Å²) in [7, 11) is 0. The maximum Gasteiger partial charge on any atom is 0.417 e. The standard InChI is InChI=1S/C10H10F3N5O/c11-10(12,13)7-2-3-8(16-6-7)9(19)15-4-1-5-17-18-14/h2-3,6H,1,4-5H2,(H,15,19). The van der Waals surface area contributed by atoms with E-state index in [2.05, 4.69) is 20.3 Å². The first-order chi connectivity index (χ1) is 8.95. The van der Waals surface area contributed by atoms with Crippen molar-refractivity contribution in [3.8, 4) is 0 Å². The van der Waals surface area contributed by atoms with Crippen LogP contribution in [0.15, 0.2) is 23.4 Å². The molecular formula is C10H10F3N5O. The van der Waals surface area contributed by atoms with Crippen LogP contribution in [-0.4, -0.2) is 24.0 Å². The number of azide groups is 1. The highest BCUT2D eigenvalue weighted by atomic mass is 19.4. The van der Waals surface area contributed by atoms with Crippen LogP contribution < -0.4 is 5.32 Å². The van der Waals surface area contributed by atoms with Gasteiger partial charge in [-0.2, -0.15) is 13.2 Å². The summed E-state index contributed by atoms with van der Waals surface area (Å²) < 4.78 is 36.8. The molecular weight excluding hydrogens is 263 g/mol. The number of nitrogens with zero attached hydrogens (tertiary/aromatic N) is 4. The van der Waals surface area contributed by atoms with Crippen molar-refractivity contribution in [2.45, 2.75) is 12.6 Å². The van der Waals surface area contributed by atoms with Gasteiger partial charge in [-0.1, -0.05) is 5.11 Å². The molecule has 1 heterocycles. The lowest BCUT2D eigenvalue weighted by Crippen LogP contribution is -2.25. The molecule has 102 valence electrons. The second-order valence-electron chi connectivity index (χ2n) is 3.49. The van der Waals surface area contributed by atoms with Crippen LogP contribution in [-0.2, 0) is 6.18 Å². The van der Waals surface area contributed by atoms with Crippen molar-refractivity contribution < 1.29 is 18.0 Å². The molecule has 0 saturated carbocycles. The zero-order valence-corrected chi connectivity index (χ0v) is 9.68. The minimum atomic E-state index is -4.47. The predicted octanol–water partition coefficient (Wildman–Crippen LogP) is 2.53. The Morgan fingerprint density at radius 1 is 1.47 bits per heavy atom. The van der Waals surface area contributed by atoms with Gasteiger partial charge in [-0.3, -0.25) is 9.78 Å². The number of pyridine rings is 1. The van der Waals surface area contributed by atoms with Gasteiger partial charge in [0, 0.05) is 24.2 Å². The van der Waals surface area contributed by atoms with Gasteiger partial charge in [-0.05, 0) is 24.1 Å². The SMILES string of the molecule is [N-]=[N+]=NCCCNC(=O)c1ccc(C(F)(F)F)cn1. The molecule has 0 aliphatic carbocycles. The normalized spacial score (nSPS) is 10.7. The molecule has 1 aromatic rings. The highest BCUT2D eigenvalue weighted by Crippen LogP contribution is 2.28. The minimum Gasteiger partial charge on any atom is -0.351 e. The number of rotatable bonds is 5. The maximum atomic E-state index is 12.3. The molecule has 0 spiro atoms. The molecule has 0 aliphatic rings. The first-order valence-electron chi connectivity index (χ1n) is 5.27. The van der Waals surface area contributed by atoms with Crippen molar-refractivity contribution in [2.24, 2.45) is 5.11 Å². The van der Waals surface area contributed by atoms with E-state index < -0.39 is 17.6 Å². The van der Waals surface area contributed by atoms with Crippen LogP contribution in [0.2, 0.25) is 0 Å². The lowest BCUT2D eigenvalue weighted by molar-refractivity contribution is -0.137. The summed E-state index contributed by atoms with van der Waals surface area (Å²) in [6.07, 6.45) is -3.43. The van der Waals surface area contributed by atoms with Crippen molar-refractivity contribution in [2.75, 3.05) is 13.1 Å². The maximum absolute atomic E-state index is 12.3. The number of carbonyl (C=O) groups excluding carboxylic acids is 1. The zero-order valence-electron chi connectivity index (χ0n) is 9.68. The van der Waals surface area contributed by atoms with Crippen molar-refractivity contribution >= 4 is 5.91 Å². The van der Waals surface area contributed by atoms with E-state index in [4.69, 9.17) is 5.53 Å². The first-order valence-corrected chi connectivity index (χ1v) is 5.27. The zero-order chi connectivity index (χ0) is 14.3. The van der Waals surface area contributed by atoms with E-state index in [0.29, 0.717) is 12.6 Å². The molecule has 0 bridgehead atoms. The van der Waals surface area contributed by atoms with Crippen LogP contribution >= 0.6 is 0 Å². The molecule has 19 heavy (non-hydrogen) atoms. The Hall–Kier alpha value is -2.28. The molecule has 1 rings (SSSR count). The number of nitrogens with one attached hydrogen (secondary N) is 1. The first kappa shape index (κ1) is 14.8. The second kappa shape index (κ2) is 6.60. The van der Waals surface area contributed by atoms with E-state index in [9.17, 15) is 18.0 Å². The number of halogens is 3. The summed E-state index contributed by atoms with van der Waals surface area (Å²) in [6, 6.07) is 1.80. The minimum absolute atomic E-state index is 0.100. The molecule has 0 unspecified atom stereocenters. The molecule has 1 N–H and O–H groups in total. The van der Waals surface area contributed by atoms with Gasteiger partial charge in [-0.25, -0.2) is 0 Å². The van der Waals surface area contributed by atoms with E-state index in [1.807, 2.05) is 0 Å². The Bertz CT molecular complexity index is 479. The Kier molecular flexibility index (Phi) is 5.13. The van der Waals surface area contributed by atoms with Crippen LogP contribution in [0.3, 0.4) is 0 Å². The summed E-state index contributed by atoms with van der Waals surface area (Å²) in [5, 5.41) is 5.72. The van der Waals surface area contributed by atoms with Crippen molar-refractivity contribution in [1.29, 1.82) is 0 Å². The number of aromatic nitrogens is 1. The summed E-state index contributed by atoms with van der Waals surface area (Å²) in [5.41, 5.74) is 7.00. The number of hydrogen-bond acceptors (Lipinski definition) is 3. The van der Waals surface area contributed by atoms with Crippen molar-refractivity contribution in [3.63, 3.8) is 0 Å². The van der Waals surface area contributed by atoms with Crippen LogP contribution in [0.25, 0.3) is 10.4 Å². The van der Waals surface area contributed by atoms with Gasteiger partial charge in [0.25, 0.3) is 5.91 Å². The summed E-state index contributed by atoms with van der Waals surface area (Å²) in [5.74, 6) is -0.574. The van der Waals surface area contributed by atoms with Gasteiger partial charge in [0.15, 0.2) is 0 Å². The topological polar surface area (TPSA) is 90.8 Å². The predicted molar refractivity (Wildman–Crippen MR) is 60.2 cm³/mol. The van der Waals surface area contributed by atoms with E-state index in [-0.39, 0.29) is 18.8 Å². The summed E-state index contributed by atoms with van der Waals surface area (Å²) in [4.78, 5) is 17.5. The lowest BCUT2D eigenvalue weighted by Gasteiger charge is -2.07. The van der Waals surface area contributed by atoms with Crippen LogP contribution in [0.1, 0.15) is 22.5 Å². The molecule has 1 amide bonds. The van der Waals surface area contributed by atoms with Gasteiger partial charge in [0.05, 0.1) is 5.56 Å². The molecule has 9 heteroatoms. The average molecular weight is 273 g/mol. The largest absolute Gasteiger partial charge is 0.417 e. The fraction of sp³-hybridized carbons (Fsp3) is 0.400. The highest BCUT2D eigenvalue weighted by Gasteiger charge is 2.30. The summed E-state index contributed by atoms with van der Waals surface area (Å²) >= 11 is 0. The molecule has 1 aromatic heterocycles. The van der Waals surface area contributed by atoms with Gasteiger partial charge in [0.2, 0.25) is 0 Å². The van der Waals surface area contributed by atoms with E-state index >= 15 is 0 Å². The molecule has 0 saturated heterocycles. The van der Waals surface area contributed by atoms with E-state index in [1.165, 1.54) is 0 Å².